The zero-order valence-corrected chi connectivity index (χ0v) is 28.6. The van der Waals surface area contributed by atoms with E-state index in [0.29, 0.717) is 0 Å². The van der Waals surface area contributed by atoms with Crippen LogP contribution in [0.2, 0.25) is 0 Å². The largest absolute Gasteiger partial charge is 0.333 e. The predicted molar refractivity (Wildman–Crippen MR) is 218 cm³/mol. The van der Waals surface area contributed by atoms with Crippen LogP contribution in [-0.2, 0) is 0 Å². The van der Waals surface area contributed by atoms with Gasteiger partial charge in [0.25, 0.3) is 0 Å². The Kier molecular flexibility index (Phi) is 6.28. The van der Waals surface area contributed by atoms with Crippen LogP contribution in [-0.4, -0.2) is 10.6 Å². The van der Waals surface area contributed by atoms with Crippen LogP contribution in [0.1, 0.15) is 17.0 Å². The molecular formula is C48H32N2S. The predicted octanol–water partition coefficient (Wildman–Crippen LogP) is 13.1. The number of fused-ring (bicyclic) bond motifs is 9. The fourth-order valence-electron chi connectivity index (χ4n) is 8.63. The molecule has 0 spiro atoms. The van der Waals surface area contributed by atoms with Gasteiger partial charge in [0.2, 0.25) is 0 Å². The Balaban J connectivity index is 1.05. The summed E-state index contributed by atoms with van der Waals surface area (Å²) < 4.78 is 5.06. The highest BCUT2D eigenvalue weighted by molar-refractivity contribution is 7.26. The average molecular weight is 669 g/mol. The molecule has 7 aromatic carbocycles. The number of para-hydroxylation sites is 3. The Morgan fingerprint density at radius 1 is 0.510 bits per heavy atom. The summed E-state index contributed by atoms with van der Waals surface area (Å²) in [4.78, 5) is 2.58. The van der Waals surface area contributed by atoms with Crippen molar-refractivity contribution in [2.45, 2.75) is 12.0 Å². The smallest absolute Gasteiger partial charge is 0.0630 e. The van der Waals surface area contributed by atoms with Gasteiger partial charge in [0.1, 0.15) is 0 Å². The van der Waals surface area contributed by atoms with Gasteiger partial charge in [-0.25, -0.2) is 0 Å². The molecule has 240 valence electrons. The summed E-state index contributed by atoms with van der Waals surface area (Å²) in [5.41, 5.74) is 12.6. The number of hydrogen-bond acceptors (Lipinski definition) is 2. The highest BCUT2D eigenvalue weighted by Gasteiger charge is 2.38. The molecular weight excluding hydrogens is 637 g/mol. The molecule has 11 rings (SSSR count). The summed E-state index contributed by atoms with van der Waals surface area (Å²) in [5, 5.41) is 5.21. The molecule has 0 amide bonds. The maximum Gasteiger partial charge on any atom is 0.0630 e. The van der Waals surface area contributed by atoms with E-state index in [2.05, 4.69) is 191 Å². The lowest BCUT2D eigenvalue weighted by atomic mass is 9.86. The van der Waals surface area contributed by atoms with Crippen molar-refractivity contribution in [2.24, 2.45) is 0 Å². The first-order chi connectivity index (χ1) is 25.3. The number of anilines is 2. The molecule has 1 aliphatic carbocycles. The van der Waals surface area contributed by atoms with E-state index in [1.165, 1.54) is 86.9 Å². The Labute approximate surface area is 300 Å². The van der Waals surface area contributed by atoms with Crippen LogP contribution in [0, 0.1) is 0 Å². The summed E-state index contributed by atoms with van der Waals surface area (Å²) in [5.74, 6) is 0.234. The third kappa shape index (κ3) is 4.35. The summed E-state index contributed by atoms with van der Waals surface area (Å²) in [7, 11) is 0. The van der Waals surface area contributed by atoms with Gasteiger partial charge in [-0.15, -0.1) is 11.3 Å². The van der Waals surface area contributed by atoms with Crippen LogP contribution in [0.25, 0.3) is 64.4 Å². The third-order valence-corrected chi connectivity index (χ3v) is 12.1. The van der Waals surface area contributed by atoms with E-state index in [9.17, 15) is 0 Å². The molecule has 1 aliphatic heterocycles. The van der Waals surface area contributed by atoms with Crippen LogP contribution >= 0.6 is 11.3 Å². The van der Waals surface area contributed by atoms with E-state index in [4.69, 9.17) is 0 Å². The molecule has 2 aromatic heterocycles. The van der Waals surface area contributed by atoms with E-state index < -0.39 is 0 Å². The minimum atomic E-state index is 0.181. The Morgan fingerprint density at radius 3 is 2.12 bits per heavy atom. The molecule has 0 radical (unpaired) electrons. The number of benzene rings is 7. The lowest BCUT2D eigenvalue weighted by molar-refractivity contribution is 0.747. The number of hydrogen-bond donors (Lipinski definition) is 0. The van der Waals surface area contributed by atoms with Gasteiger partial charge < -0.3 is 9.47 Å². The normalized spacial score (nSPS) is 16.6. The van der Waals surface area contributed by atoms with Gasteiger partial charge in [0, 0.05) is 59.5 Å². The molecule has 3 heteroatoms. The molecule has 2 nitrogen and oxygen atoms in total. The van der Waals surface area contributed by atoms with Gasteiger partial charge in [0.15, 0.2) is 0 Å². The Bertz CT molecular complexity index is 2870. The number of rotatable bonds is 4. The summed E-state index contributed by atoms with van der Waals surface area (Å²) in [6.07, 6.45) is 7.31. The first-order valence-corrected chi connectivity index (χ1v) is 18.5. The van der Waals surface area contributed by atoms with Gasteiger partial charge in [-0.3, -0.25) is 0 Å². The second kappa shape index (κ2) is 11.2. The van der Waals surface area contributed by atoms with Crippen molar-refractivity contribution < 1.29 is 0 Å². The molecule has 0 bridgehead atoms. The van der Waals surface area contributed by atoms with E-state index in [-0.39, 0.29) is 12.0 Å². The summed E-state index contributed by atoms with van der Waals surface area (Å²) >= 11 is 1.90. The van der Waals surface area contributed by atoms with Crippen LogP contribution in [0.3, 0.4) is 0 Å². The molecule has 51 heavy (non-hydrogen) atoms. The van der Waals surface area contributed by atoms with Crippen molar-refractivity contribution >= 4 is 70.3 Å². The highest BCUT2D eigenvalue weighted by Crippen LogP contribution is 2.52. The molecule has 0 saturated carbocycles. The van der Waals surface area contributed by atoms with Gasteiger partial charge in [0.05, 0.1) is 17.1 Å². The lowest BCUT2D eigenvalue weighted by Crippen LogP contribution is -2.29. The zero-order chi connectivity index (χ0) is 33.5. The van der Waals surface area contributed by atoms with Crippen LogP contribution in [0.4, 0.5) is 11.4 Å². The minimum Gasteiger partial charge on any atom is -0.333 e. The standard InChI is InChI=1S/C48H32N2S/c1-3-13-31(14-4-1)39-29-35(30-42-38-19-9-12-22-47(38)51-48(39)42)50-44-21-11-8-18-37(44)41-28-33(24-26-46(41)50)32-23-25-45-40(27-32)36-17-7-10-20-43(36)49(45)34-15-5-2-6-16-34/h1-30,41,46H. The zero-order valence-electron chi connectivity index (χ0n) is 27.8. The van der Waals surface area contributed by atoms with Crippen molar-refractivity contribution in [2.75, 3.05) is 4.90 Å². The first kappa shape index (κ1) is 28.7. The summed E-state index contributed by atoms with van der Waals surface area (Å²) in [6.45, 7) is 0. The quantitative estimate of drug-likeness (QED) is 0.181. The maximum atomic E-state index is 2.58. The molecule has 0 N–H and O–H groups in total. The van der Waals surface area contributed by atoms with Gasteiger partial charge in [-0.1, -0.05) is 127 Å². The molecule has 2 atom stereocenters. The van der Waals surface area contributed by atoms with E-state index in [0.717, 1.165) is 0 Å². The van der Waals surface area contributed by atoms with E-state index in [1.807, 2.05) is 11.3 Å². The SMILES string of the molecule is C1=CC2C(C=C1c1ccc3c(c1)c1ccccc1n3-c1ccccc1)c1ccccc1N2c1cc(-c2ccccc2)c2sc3ccccc3c2c1. The number of allylic oxidation sites excluding steroid dienone is 2. The van der Waals surface area contributed by atoms with Crippen LogP contribution < -0.4 is 4.90 Å². The van der Waals surface area contributed by atoms with Crippen molar-refractivity contribution in [3.63, 3.8) is 0 Å². The molecule has 0 fully saturated rings. The van der Waals surface area contributed by atoms with Crippen LogP contribution in [0.5, 0.6) is 0 Å². The summed E-state index contributed by atoms with van der Waals surface area (Å²) in [6, 6.07) is 60.3. The fraction of sp³-hybridized carbons (Fsp3) is 0.0417. The van der Waals surface area contributed by atoms with Gasteiger partial charge in [-0.05, 0) is 76.9 Å². The van der Waals surface area contributed by atoms with Crippen molar-refractivity contribution in [1.29, 1.82) is 0 Å². The van der Waals surface area contributed by atoms with E-state index in [1.54, 1.807) is 0 Å². The van der Waals surface area contributed by atoms with Gasteiger partial charge in [-0.2, -0.15) is 0 Å². The van der Waals surface area contributed by atoms with Gasteiger partial charge >= 0.3 is 0 Å². The second-order valence-corrected chi connectivity index (χ2v) is 14.7. The average Bonchev–Trinajstić information content (AvgIpc) is 3.85. The van der Waals surface area contributed by atoms with Crippen molar-refractivity contribution in [3.05, 3.63) is 193 Å². The van der Waals surface area contributed by atoms with E-state index >= 15 is 0 Å². The first-order valence-electron chi connectivity index (χ1n) is 17.7. The number of aromatic nitrogens is 1. The third-order valence-electron chi connectivity index (χ3n) is 10.9. The molecule has 2 unspecified atom stereocenters. The molecule has 3 heterocycles. The minimum absolute atomic E-state index is 0.181. The Hall–Kier alpha value is -6.16. The fourth-order valence-corrected chi connectivity index (χ4v) is 9.85. The number of thiophene rings is 1. The second-order valence-electron chi connectivity index (χ2n) is 13.7. The topological polar surface area (TPSA) is 8.17 Å². The maximum absolute atomic E-state index is 2.58. The highest BCUT2D eigenvalue weighted by atomic mass is 32.1. The molecule has 0 saturated heterocycles. The van der Waals surface area contributed by atoms with Crippen molar-refractivity contribution in [1.82, 2.24) is 4.57 Å². The molecule has 9 aromatic rings. The molecule has 2 aliphatic rings. The van der Waals surface area contributed by atoms with Crippen molar-refractivity contribution in [3.8, 4) is 16.8 Å². The Morgan fingerprint density at radius 2 is 1.24 bits per heavy atom. The lowest BCUT2D eigenvalue weighted by Gasteiger charge is -2.30. The van der Waals surface area contributed by atoms with Crippen LogP contribution in [0.15, 0.2) is 182 Å². The monoisotopic (exact) mass is 668 g/mol. The number of nitrogens with zero attached hydrogens (tertiary/aromatic N) is 2.